The third-order valence-corrected chi connectivity index (χ3v) is 4.87. The second kappa shape index (κ2) is 6.77. The summed E-state index contributed by atoms with van der Waals surface area (Å²) in [6.45, 7) is 2.13. The molecular weight excluding hydrogens is 312 g/mol. The Hall–Kier alpha value is -0.800. The number of rotatable bonds is 4. The average molecular weight is 335 g/mol. The Morgan fingerprint density at radius 1 is 1.10 bits per heavy atom. The summed E-state index contributed by atoms with van der Waals surface area (Å²) >= 11 is 3.53. The Kier molecular flexibility index (Phi) is 4.79. The van der Waals surface area contributed by atoms with E-state index in [1.54, 1.807) is 0 Å². The molecule has 2 nitrogen and oxygen atoms in total. The Labute approximate surface area is 129 Å². The van der Waals surface area contributed by atoms with Gasteiger partial charge in [-0.25, -0.2) is 0 Å². The largest absolute Gasteiger partial charge is 0.346 e. The number of aromatic nitrogens is 1. The van der Waals surface area contributed by atoms with Crippen molar-refractivity contribution in [1.29, 1.82) is 0 Å². The van der Waals surface area contributed by atoms with E-state index in [9.17, 15) is 0 Å². The maximum atomic E-state index is 3.75. The lowest BCUT2D eigenvalue weighted by molar-refractivity contribution is 0.447. The number of benzene rings is 1. The molecular formula is C17H23BrN2. The fraction of sp³-hybridized carbons (Fsp3) is 0.529. The van der Waals surface area contributed by atoms with Gasteiger partial charge in [0, 0.05) is 40.7 Å². The highest BCUT2D eigenvalue weighted by molar-refractivity contribution is 9.10. The molecule has 1 aromatic carbocycles. The monoisotopic (exact) mass is 334 g/mol. The summed E-state index contributed by atoms with van der Waals surface area (Å²) in [5.74, 6) is 0. The van der Waals surface area contributed by atoms with Crippen LogP contribution < -0.4 is 5.32 Å². The molecule has 3 rings (SSSR count). The summed E-state index contributed by atoms with van der Waals surface area (Å²) in [6, 6.07) is 9.45. The number of hydrogen-bond donors (Lipinski definition) is 1. The van der Waals surface area contributed by atoms with E-state index in [2.05, 4.69) is 56.3 Å². The Morgan fingerprint density at radius 3 is 2.70 bits per heavy atom. The quantitative estimate of drug-likeness (QED) is 0.800. The third kappa shape index (κ3) is 3.44. The van der Waals surface area contributed by atoms with Crippen LogP contribution in [0.15, 0.2) is 34.9 Å². The van der Waals surface area contributed by atoms with Gasteiger partial charge >= 0.3 is 0 Å². The zero-order valence-electron chi connectivity index (χ0n) is 11.9. The molecule has 3 heteroatoms. The molecule has 108 valence electrons. The van der Waals surface area contributed by atoms with Crippen LogP contribution in [0.4, 0.5) is 0 Å². The lowest BCUT2D eigenvalue weighted by Crippen LogP contribution is -2.31. The first-order valence-corrected chi connectivity index (χ1v) is 8.60. The van der Waals surface area contributed by atoms with E-state index in [-0.39, 0.29) is 0 Å². The van der Waals surface area contributed by atoms with Crippen molar-refractivity contribution in [3.8, 4) is 0 Å². The number of nitrogens with zero attached hydrogens (tertiary/aromatic N) is 1. The van der Waals surface area contributed by atoms with E-state index < -0.39 is 0 Å². The molecule has 0 radical (unpaired) electrons. The molecule has 1 saturated carbocycles. The average Bonchev–Trinajstić information content (AvgIpc) is 2.67. The van der Waals surface area contributed by atoms with Crippen molar-refractivity contribution in [1.82, 2.24) is 9.88 Å². The first-order chi connectivity index (χ1) is 9.83. The summed E-state index contributed by atoms with van der Waals surface area (Å²) in [4.78, 5) is 0. The van der Waals surface area contributed by atoms with Gasteiger partial charge < -0.3 is 9.88 Å². The molecule has 1 aliphatic rings. The highest BCUT2D eigenvalue weighted by atomic mass is 79.9. The minimum absolute atomic E-state index is 0.744. The number of nitrogens with one attached hydrogen (secondary N) is 1. The summed E-state index contributed by atoms with van der Waals surface area (Å²) in [7, 11) is 0. The SMILES string of the molecule is Brc1ccc2c(ccn2CCNC2CCCCCC2)c1. The van der Waals surface area contributed by atoms with Crippen LogP contribution in [0, 0.1) is 0 Å². The van der Waals surface area contributed by atoms with Gasteiger partial charge in [-0.1, -0.05) is 41.6 Å². The molecule has 1 aromatic heterocycles. The van der Waals surface area contributed by atoms with Gasteiger partial charge in [-0.15, -0.1) is 0 Å². The molecule has 0 bridgehead atoms. The standard InChI is InChI=1S/C17H23BrN2/c18-15-7-8-17-14(13-15)9-11-20(17)12-10-19-16-5-3-1-2-4-6-16/h7-9,11,13,16,19H,1-6,10,12H2. The lowest BCUT2D eigenvalue weighted by atomic mass is 10.1. The molecule has 0 amide bonds. The van der Waals surface area contributed by atoms with E-state index >= 15 is 0 Å². The normalized spacial score (nSPS) is 17.4. The highest BCUT2D eigenvalue weighted by Gasteiger charge is 2.11. The van der Waals surface area contributed by atoms with Gasteiger partial charge in [0.05, 0.1) is 0 Å². The van der Waals surface area contributed by atoms with E-state index in [0.717, 1.165) is 23.6 Å². The molecule has 1 fully saturated rings. The predicted molar refractivity (Wildman–Crippen MR) is 89.1 cm³/mol. The van der Waals surface area contributed by atoms with Gasteiger partial charge in [0.1, 0.15) is 0 Å². The van der Waals surface area contributed by atoms with Crippen LogP contribution in [0.2, 0.25) is 0 Å². The van der Waals surface area contributed by atoms with Gasteiger partial charge in [0.15, 0.2) is 0 Å². The molecule has 1 heterocycles. The van der Waals surface area contributed by atoms with Crippen molar-refractivity contribution in [2.75, 3.05) is 6.54 Å². The Balaban J connectivity index is 1.57. The fourth-order valence-corrected chi connectivity index (χ4v) is 3.62. The number of fused-ring (bicyclic) bond motifs is 1. The first-order valence-electron chi connectivity index (χ1n) is 7.81. The van der Waals surface area contributed by atoms with Gasteiger partial charge in [0.25, 0.3) is 0 Å². The zero-order chi connectivity index (χ0) is 13.8. The predicted octanol–water partition coefficient (Wildman–Crippen LogP) is 4.72. The van der Waals surface area contributed by atoms with Gasteiger partial charge in [0.2, 0.25) is 0 Å². The van der Waals surface area contributed by atoms with Crippen LogP contribution in [0.1, 0.15) is 38.5 Å². The molecule has 0 atom stereocenters. The molecule has 0 unspecified atom stereocenters. The van der Waals surface area contributed by atoms with Crippen molar-refractivity contribution < 1.29 is 0 Å². The summed E-state index contributed by atoms with van der Waals surface area (Å²) in [5, 5.41) is 5.06. The summed E-state index contributed by atoms with van der Waals surface area (Å²) in [5.41, 5.74) is 1.33. The minimum atomic E-state index is 0.744. The molecule has 1 N–H and O–H groups in total. The highest BCUT2D eigenvalue weighted by Crippen LogP contribution is 2.21. The van der Waals surface area contributed by atoms with Gasteiger partial charge in [-0.3, -0.25) is 0 Å². The number of hydrogen-bond acceptors (Lipinski definition) is 1. The van der Waals surface area contributed by atoms with Crippen LogP contribution in [0.5, 0.6) is 0 Å². The second-order valence-corrected chi connectivity index (χ2v) is 6.77. The maximum absolute atomic E-state index is 3.75. The number of halogens is 1. The fourth-order valence-electron chi connectivity index (χ4n) is 3.24. The van der Waals surface area contributed by atoms with Gasteiger partial charge in [-0.2, -0.15) is 0 Å². The molecule has 20 heavy (non-hydrogen) atoms. The molecule has 0 saturated heterocycles. The Morgan fingerprint density at radius 2 is 1.90 bits per heavy atom. The molecule has 1 aliphatic carbocycles. The maximum Gasteiger partial charge on any atom is 0.0481 e. The summed E-state index contributed by atoms with van der Waals surface area (Å²) in [6.07, 6.45) is 10.6. The van der Waals surface area contributed by atoms with Crippen LogP contribution >= 0.6 is 15.9 Å². The molecule has 0 spiro atoms. The van der Waals surface area contributed by atoms with Crippen LogP contribution in [-0.4, -0.2) is 17.2 Å². The van der Waals surface area contributed by atoms with E-state index in [1.165, 1.54) is 49.4 Å². The minimum Gasteiger partial charge on any atom is -0.346 e. The van der Waals surface area contributed by atoms with E-state index in [4.69, 9.17) is 0 Å². The molecule has 2 aromatic rings. The van der Waals surface area contributed by atoms with Crippen molar-refractivity contribution >= 4 is 26.8 Å². The third-order valence-electron chi connectivity index (χ3n) is 4.37. The summed E-state index contributed by atoms with van der Waals surface area (Å²) < 4.78 is 3.50. The van der Waals surface area contributed by atoms with E-state index in [1.807, 2.05) is 0 Å². The molecule has 0 aliphatic heterocycles. The second-order valence-electron chi connectivity index (χ2n) is 5.85. The lowest BCUT2D eigenvalue weighted by Gasteiger charge is -2.16. The van der Waals surface area contributed by atoms with Crippen LogP contribution in [0.25, 0.3) is 10.9 Å². The van der Waals surface area contributed by atoms with Crippen molar-refractivity contribution in [3.63, 3.8) is 0 Å². The van der Waals surface area contributed by atoms with Crippen LogP contribution in [-0.2, 0) is 6.54 Å². The zero-order valence-corrected chi connectivity index (χ0v) is 13.5. The van der Waals surface area contributed by atoms with Crippen molar-refractivity contribution in [3.05, 3.63) is 34.9 Å². The van der Waals surface area contributed by atoms with Crippen molar-refractivity contribution in [2.45, 2.75) is 51.1 Å². The topological polar surface area (TPSA) is 17.0 Å². The first kappa shape index (κ1) is 14.2. The van der Waals surface area contributed by atoms with Crippen LogP contribution in [0.3, 0.4) is 0 Å². The smallest absolute Gasteiger partial charge is 0.0481 e. The van der Waals surface area contributed by atoms with Gasteiger partial charge in [-0.05, 0) is 37.1 Å². The van der Waals surface area contributed by atoms with Crippen molar-refractivity contribution in [2.24, 2.45) is 0 Å². The Bertz CT molecular complexity index is 553. The van der Waals surface area contributed by atoms with E-state index in [0.29, 0.717) is 0 Å².